The highest BCUT2D eigenvalue weighted by Crippen LogP contribution is 2.34. The number of aromatic nitrogens is 6. The van der Waals surface area contributed by atoms with Crippen LogP contribution < -0.4 is 15.0 Å². The van der Waals surface area contributed by atoms with Gasteiger partial charge in [0.2, 0.25) is 5.95 Å². The summed E-state index contributed by atoms with van der Waals surface area (Å²) in [6.45, 7) is 7.50. The first-order chi connectivity index (χ1) is 16.3. The van der Waals surface area contributed by atoms with Crippen LogP contribution >= 0.6 is 0 Å². The Morgan fingerprint density at radius 1 is 1.24 bits per heavy atom. The molecule has 1 unspecified atom stereocenters. The minimum absolute atomic E-state index is 0.442. The Morgan fingerprint density at radius 2 is 2.09 bits per heavy atom. The number of anilines is 3. The Kier molecular flexibility index (Phi) is 5.52. The number of fused-ring (bicyclic) bond motifs is 1. The minimum Gasteiger partial charge on any atom is -0.492 e. The van der Waals surface area contributed by atoms with E-state index in [4.69, 9.17) is 14.7 Å². The lowest BCUT2D eigenvalue weighted by molar-refractivity contribution is 0.0839. The number of hydrogen-bond donors (Lipinski definition) is 2. The lowest BCUT2D eigenvalue weighted by Crippen LogP contribution is -2.30. The smallest absolute Gasteiger partial charge is 0.227 e. The zero-order valence-corrected chi connectivity index (χ0v) is 19.8. The molecule has 2 N–H and O–H groups in total. The van der Waals surface area contributed by atoms with Gasteiger partial charge in [0.15, 0.2) is 11.6 Å². The molecule has 10 heteroatoms. The molecule has 4 heterocycles. The SMILES string of the molecule is CCOc1cc(-c2nncn2C)ccc1Nc1ncc2cc(C)nc(N3CCC(C)(O)C3)c2n1. The van der Waals surface area contributed by atoms with Crippen molar-refractivity contribution in [2.45, 2.75) is 32.8 Å². The van der Waals surface area contributed by atoms with Crippen molar-refractivity contribution in [3.8, 4) is 17.1 Å². The fourth-order valence-electron chi connectivity index (χ4n) is 4.26. The van der Waals surface area contributed by atoms with Crippen molar-refractivity contribution in [2.24, 2.45) is 7.05 Å². The van der Waals surface area contributed by atoms with Crippen molar-refractivity contribution < 1.29 is 9.84 Å². The molecule has 0 amide bonds. The van der Waals surface area contributed by atoms with E-state index in [2.05, 4.69) is 25.4 Å². The average molecular weight is 461 g/mol. The third-order valence-electron chi connectivity index (χ3n) is 5.92. The van der Waals surface area contributed by atoms with E-state index < -0.39 is 5.60 Å². The first kappa shape index (κ1) is 22.0. The van der Waals surface area contributed by atoms with Gasteiger partial charge in [-0.15, -0.1) is 10.2 Å². The molecular weight excluding hydrogens is 432 g/mol. The predicted molar refractivity (Wildman–Crippen MR) is 130 cm³/mol. The summed E-state index contributed by atoms with van der Waals surface area (Å²) >= 11 is 0. The van der Waals surface area contributed by atoms with Gasteiger partial charge in [0.05, 0.1) is 17.9 Å². The molecule has 0 spiro atoms. The largest absolute Gasteiger partial charge is 0.492 e. The van der Waals surface area contributed by atoms with Gasteiger partial charge in [-0.1, -0.05) is 0 Å². The van der Waals surface area contributed by atoms with Crippen LogP contribution in [0.5, 0.6) is 5.75 Å². The standard InChI is InChI=1S/C24H28N8O2/c1-5-34-19-11-16(21-30-26-14-31(21)4)6-7-18(19)28-23-25-12-17-10-15(2)27-22(20(17)29-23)32-9-8-24(3,33)13-32/h6-7,10-12,14,33H,5,8-9,13H2,1-4H3,(H,25,28,29). The van der Waals surface area contributed by atoms with Gasteiger partial charge < -0.3 is 24.6 Å². The van der Waals surface area contributed by atoms with Crippen LogP contribution in [0.3, 0.4) is 0 Å². The van der Waals surface area contributed by atoms with Gasteiger partial charge in [-0.05, 0) is 51.5 Å². The molecule has 0 saturated carbocycles. The molecule has 3 aromatic heterocycles. The van der Waals surface area contributed by atoms with Crippen LogP contribution in [-0.2, 0) is 7.05 Å². The molecule has 0 radical (unpaired) electrons. The molecule has 1 saturated heterocycles. The van der Waals surface area contributed by atoms with Crippen molar-refractivity contribution in [1.29, 1.82) is 0 Å². The highest BCUT2D eigenvalue weighted by Gasteiger charge is 2.33. The maximum Gasteiger partial charge on any atom is 0.227 e. The van der Waals surface area contributed by atoms with Gasteiger partial charge in [-0.25, -0.2) is 15.0 Å². The van der Waals surface area contributed by atoms with Crippen molar-refractivity contribution in [3.63, 3.8) is 0 Å². The zero-order valence-electron chi connectivity index (χ0n) is 19.8. The van der Waals surface area contributed by atoms with Gasteiger partial charge >= 0.3 is 0 Å². The van der Waals surface area contributed by atoms with E-state index in [-0.39, 0.29) is 0 Å². The third-order valence-corrected chi connectivity index (χ3v) is 5.92. The Bertz CT molecular complexity index is 1350. The molecule has 34 heavy (non-hydrogen) atoms. The van der Waals surface area contributed by atoms with E-state index >= 15 is 0 Å². The number of hydrogen-bond acceptors (Lipinski definition) is 9. The average Bonchev–Trinajstić information content (AvgIpc) is 3.39. The molecular formula is C24H28N8O2. The van der Waals surface area contributed by atoms with Crippen molar-refractivity contribution in [1.82, 2.24) is 29.7 Å². The summed E-state index contributed by atoms with van der Waals surface area (Å²) in [4.78, 5) is 16.2. The van der Waals surface area contributed by atoms with Crippen LogP contribution in [0, 0.1) is 6.92 Å². The number of pyridine rings is 1. The van der Waals surface area contributed by atoms with Gasteiger partial charge in [-0.3, -0.25) is 0 Å². The van der Waals surface area contributed by atoms with Crippen LogP contribution in [0.4, 0.5) is 17.5 Å². The predicted octanol–water partition coefficient (Wildman–Crippen LogP) is 3.23. The van der Waals surface area contributed by atoms with Crippen LogP contribution in [0.15, 0.2) is 36.8 Å². The summed E-state index contributed by atoms with van der Waals surface area (Å²) in [7, 11) is 1.90. The molecule has 1 aliphatic rings. The van der Waals surface area contributed by atoms with E-state index in [1.165, 1.54) is 0 Å². The monoisotopic (exact) mass is 460 g/mol. The second kappa shape index (κ2) is 8.53. The van der Waals surface area contributed by atoms with E-state index in [1.807, 2.05) is 56.7 Å². The minimum atomic E-state index is -0.733. The molecule has 5 rings (SSSR count). The number of aryl methyl sites for hydroxylation is 2. The number of nitrogens with one attached hydrogen (secondary N) is 1. The van der Waals surface area contributed by atoms with Crippen LogP contribution in [0.2, 0.25) is 0 Å². The van der Waals surface area contributed by atoms with Gasteiger partial charge in [-0.2, -0.15) is 0 Å². The first-order valence-electron chi connectivity index (χ1n) is 11.3. The van der Waals surface area contributed by atoms with E-state index in [1.54, 1.807) is 12.5 Å². The summed E-state index contributed by atoms with van der Waals surface area (Å²) in [5.74, 6) is 2.63. The fourth-order valence-corrected chi connectivity index (χ4v) is 4.26. The Labute approximate surface area is 197 Å². The first-order valence-corrected chi connectivity index (χ1v) is 11.3. The topological polar surface area (TPSA) is 114 Å². The molecule has 4 aromatic rings. The van der Waals surface area contributed by atoms with Crippen LogP contribution in [0.1, 0.15) is 26.0 Å². The summed E-state index contributed by atoms with van der Waals surface area (Å²) in [6, 6.07) is 7.78. The lowest BCUT2D eigenvalue weighted by atomic mass is 10.1. The van der Waals surface area contributed by atoms with E-state index in [0.717, 1.165) is 46.0 Å². The third kappa shape index (κ3) is 4.24. The zero-order chi connectivity index (χ0) is 23.9. The number of rotatable bonds is 6. The molecule has 10 nitrogen and oxygen atoms in total. The van der Waals surface area contributed by atoms with Crippen molar-refractivity contribution in [3.05, 3.63) is 42.5 Å². The van der Waals surface area contributed by atoms with E-state index in [0.29, 0.717) is 31.3 Å². The Morgan fingerprint density at radius 3 is 2.79 bits per heavy atom. The molecule has 1 atom stereocenters. The maximum atomic E-state index is 10.5. The molecule has 0 bridgehead atoms. The summed E-state index contributed by atoms with van der Waals surface area (Å²) in [5.41, 5.74) is 2.54. The quantitative estimate of drug-likeness (QED) is 0.447. The lowest BCUT2D eigenvalue weighted by Gasteiger charge is -2.21. The number of β-amino-alcohol motifs (C(OH)–C–C–N with tert-alkyl or cyclic N) is 1. The summed E-state index contributed by atoms with van der Waals surface area (Å²) in [5, 5.41) is 22.8. The van der Waals surface area contributed by atoms with Crippen molar-refractivity contribution in [2.75, 3.05) is 29.9 Å². The number of aliphatic hydroxyl groups is 1. The van der Waals surface area contributed by atoms with Gasteiger partial charge in [0.25, 0.3) is 0 Å². The number of benzene rings is 1. The van der Waals surface area contributed by atoms with Gasteiger partial charge in [0, 0.05) is 43.0 Å². The van der Waals surface area contributed by atoms with Gasteiger partial charge in [0.1, 0.15) is 17.6 Å². The highest BCUT2D eigenvalue weighted by atomic mass is 16.5. The summed E-state index contributed by atoms with van der Waals surface area (Å²) < 4.78 is 7.75. The Hall–Kier alpha value is -3.79. The molecule has 1 aliphatic heterocycles. The number of nitrogens with zero attached hydrogens (tertiary/aromatic N) is 7. The molecule has 176 valence electrons. The summed E-state index contributed by atoms with van der Waals surface area (Å²) in [6.07, 6.45) is 4.15. The molecule has 1 aromatic carbocycles. The van der Waals surface area contributed by atoms with Crippen LogP contribution in [0.25, 0.3) is 22.3 Å². The fraction of sp³-hybridized carbons (Fsp3) is 0.375. The second-order valence-corrected chi connectivity index (χ2v) is 8.92. The normalized spacial score (nSPS) is 18.0. The Balaban J connectivity index is 1.51. The maximum absolute atomic E-state index is 10.5. The highest BCUT2D eigenvalue weighted by molar-refractivity contribution is 5.89. The van der Waals surface area contributed by atoms with Crippen LogP contribution in [-0.4, -0.2) is 60.1 Å². The second-order valence-electron chi connectivity index (χ2n) is 8.92. The van der Waals surface area contributed by atoms with E-state index in [9.17, 15) is 5.11 Å². The molecule has 0 aliphatic carbocycles. The van der Waals surface area contributed by atoms with Crippen molar-refractivity contribution >= 4 is 28.4 Å². The molecule has 1 fully saturated rings. The number of ether oxygens (including phenoxy) is 1.